The third kappa shape index (κ3) is 3.09. The van der Waals surface area contributed by atoms with Gasteiger partial charge in [0.05, 0.1) is 12.0 Å². The van der Waals surface area contributed by atoms with E-state index in [0.717, 1.165) is 12.8 Å². The van der Waals surface area contributed by atoms with E-state index in [-0.39, 0.29) is 29.0 Å². The molecule has 2 nitrogen and oxygen atoms in total. The number of Topliss-reactive ketones (excluding diaryl/α,β-unsaturated/α-hetero) is 1. The molecule has 1 aliphatic rings. The molecule has 100 valence electrons. The molecule has 2 heteroatoms. The summed E-state index contributed by atoms with van der Waals surface area (Å²) in [6.45, 7) is 15.0. The Bertz CT molecular complexity index is 280. The lowest BCUT2D eigenvalue weighted by molar-refractivity contribution is -0.126. The van der Waals surface area contributed by atoms with Gasteiger partial charge in [0.1, 0.15) is 6.10 Å². The van der Waals surface area contributed by atoms with Gasteiger partial charge < -0.3 is 4.74 Å². The molecule has 1 rings (SSSR count). The van der Waals surface area contributed by atoms with Gasteiger partial charge in [-0.3, -0.25) is 4.79 Å². The van der Waals surface area contributed by atoms with Gasteiger partial charge in [-0.15, -0.1) is 0 Å². The molecule has 3 atom stereocenters. The van der Waals surface area contributed by atoms with E-state index < -0.39 is 0 Å². The summed E-state index contributed by atoms with van der Waals surface area (Å²) in [7, 11) is 0. The van der Waals surface area contributed by atoms with E-state index in [1.54, 1.807) is 0 Å². The molecule has 0 amide bonds. The Morgan fingerprint density at radius 3 is 1.88 bits per heavy atom. The van der Waals surface area contributed by atoms with E-state index >= 15 is 0 Å². The topological polar surface area (TPSA) is 26.3 Å². The number of hydrogen-bond acceptors (Lipinski definition) is 2. The molecular formula is C15H28O2. The molecule has 0 spiro atoms. The van der Waals surface area contributed by atoms with Crippen molar-refractivity contribution in [1.82, 2.24) is 0 Å². The largest absolute Gasteiger partial charge is 0.366 e. The average molecular weight is 240 g/mol. The number of carbonyl (C=O) groups is 1. The van der Waals surface area contributed by atoms with Crippen LogP contribution in [0.2, 0.25) is 0 Å². The van der Waals surface area contributed by atoms with Gasteiger partial charge in [-0.2, -0.15) is 0 Å². The first-order valence-corrected chi connectivity index (χ1v) is 6.78. The molecule has 1 aliphatic heterocycles. The van der Waals surface area contributed by atoms with Crippen LogP contribution in [0.15, 0.2) is 0 Å². The fraction of sp³-hybridized carbons (Fsp3) is 0.933. The van der Waals surface area contributed by atoms with Crippen molar-refractivity contribution in [2.45, 2.75) is 73.5 Å². The van der Waals surface area contributed by atoms with Crippen LogP contribution in [-0.4, -0.2) is 18.0 Å². The maximum absolute atomic E-state index is 12.5. The Hall–Kier alpha value is -0.370. The highest BCUT2D eigenvalue weighted by atomic mass is 16.5. The number of rotatable bonds is 2. The molecule has 0 N–H and O–H groups in total. The summed E-state index contributed by atoms with van der Waals surface area (Å²) in [5, 5.41) is 0. The van der Waals surface area contributed by atoms with Gasteiger partial charge in [-0.1, -0.05) is 54.9 Å². The Balaban J connectivity index is 3.01. The predicted octanol–water partition coefficient (Wildman–Crippen LogP) is 3.83. The van der Waals surface area contributed by atoms with Crippen LogP contribution in [0, 0.1) is 16.7 Å². The third-order valence-corrected chi connectivity index (χ3v) is 3.57. The molecule has 1 saturated heterocycles. The van der Waals surface area contributed by atoms with Crippen LogP contribution in [0.5, 0.6) is 0 Å². The molecule has 0 aliphatic carbocycles. The van der Waals surface area contributed by atoms with Gasteiger partial charge in [0, 0.05) is 0 Å². The van der Waals surface area contributed by atoms with Crippen molar-refractivity contribution >= 4 is 5.78 Å². The summed E-state index contributed by atoms with van der Waals surface area (Å²) in [4.78, 5) is 12.5. The van der Waals surface area contributed by atoms with Crippen LogP contribution < -0.4 is 0 Å². The summed E-state index contributed by atoms with van der Waals surface area (Å²) in [6.07, 6.45) is 1.74. The molecule has 17 heavy (non-hydrogen) atoms. The maximum atomic E-state index is 12.5. The first-order chi connectivity index (χ1) is 7.59. The van der Waals surface area contributed by atoms with Crippen molar-refractivity contribution in [3.8, 4) is 0 Å². The third-order valence-electron chi connectivity index (χ3n) is 3.57. The van der Waals surface area contributed by atoms with Crippen LogP contribution in [0.25, 0.3) is 0 Å². The van der Waals surface area contributed by atoms with E-state index in [4.69, 9.17) is 4.74 Å². The normalized spacial score (nSPS) is 31.0. The zero-order valence-corrected chi connectivity index (χ0v) is 12.5. The van der Waals surface area contributed by atoms with Crippen LogP contribution in [0.3, 0.4) is 0 Å². The second kappa shape index (κ2) is 4.72. The van der Waals surface area contributed by atoms with E-state index in [1.807, 2.05) is 0 Å². The first-order valence-electron chi connectivity index (χ1n) is 6.78. The minimum Gasteiger partial charge on any atom is -0.366 e. The molecule has 0 saturated carbocycles. The summed E-state index contributed by atoms with van der Waals surface area (Å²) >= 11 is 0. The van der Waals surface area contributed by atoms with Crippen molar-refractivity contribution in [2.24, 2.45) is 16.7 Å². The Kier molecular flexibility index (Phi) is 4.08. The van der Waals surface area contributed by atoms with Crippen molar-refractivity contribution in [2.75, 3.05) is 0 Å². The monoisotopic (exact) mass is 240 g/mol. The van der Waals surface area contributed by atoms with Gasteiger partial charge >= 0.3 is 0 Å². The molecule has 3 unspecified atom stereocenters. The molecule has 0 aromatic carbocycles. The summed E-state index contributed by atoms with van der Waals surface area (Å²) in [6, 6.07) is 0. The quantitative estimate of drug-likeness (QED) is 0.733. The highest BCUT2D eigenvalue weighted by Crippen LogP contribution is 2.45. The van der Waals surface area contributed by atoms with Crippen LogP contribution in [0.4, 0.5) is 0 Å². The zero-order chi connectivity index (χ0) is 13.4. The predicted molar refractivity (Wildman–Crippen MR) is 71.0 cm³/mol. The molecule has 0 bridgehead atoms. The second-order valence-electron chi connectivity index (χ2n) is 7.45. The lowest BCUT2D eigenvalue weighted by Gasteiger charge is -2.36. The van der Waals surface area contributed by atoms with Crippen molar-refractivity contribution in [3.63, 3.8) is 0 Å². The lowest BCUT2D eigenvalue weighted by atomic mass is 9.69. The highest BCUT2D eigenvalue weighted by molar-refractivity contribution is 5.88. The summed E-state index contributed by atoms with van der Waals surface area (Å²) in [5.41, 5.74) is 0.00756. The smallest absolute Gasteiger partial charge is 0.167 e. The Morgan fingerprint density at radius 1 is 1.06 bits per heavy atom. The summed E-state index contributed by atoms with van der Waals surface area (Å²) in [5.74, 6) is 0.346. The number of ketones is 1. The fourth-order valence-electron chi connectivity index (χ4n) is 2.73. The molecule has 0 radical (unpaired) electrons. The minimum atomic E-state index is -0.173. The molecule has 0 aromatic rings. The van der Waals surface area contributed by atoms with Crippen molar-refractivity contribution < 1.29 is 9.53 Å². The maximum Gasteiger partial charge on any atom is 0.167 e. The molecule has 1 heterocycles. The number of ether oxygens (including phenoxy) is 1. The van der Waals surface area contributed by atoms with Gasteiger partial charge in [0.15, 0.2) is 5.78 Å². The Labute approximate surface area is 106 Å². The van der Waals surface area contributed by atoms with Gasteiger partial charge in [-0.25, -0.2) is 0 Å². The first kappa shape index (κ1) is 14.7. The van der Waals surface area contributed by atoms with E-state index in [9.17, 15) is 4.79 Å². The van der Waals surface area contributed by atoms with Gasteiger partial charge in [0.25, 0.3) is 0 Å². The van der Waals surface area contributed by atoms with Crippen LogP contribution >= 0.6 is 0 Å². The van der Waals surface area contributed by atoms with Gasteiger partial charge in [0.2, 0.25) is 0 Å². The van der Waals surface area contributed by atoms with Crippen LogP contribution in [-0.2, 0) is 9.53 Å². The lowest BCUT2D eigenvalue weighted by Crippen LogP contribution is -2.40. The zero-order valence-electron chi connectivity index (χ0n) is 12.5. The number of hydrogen-bond donors (Lipinski definition) is 0. The number of carbonyl (C=O) groups excluding carboxylic acids is 1. The minimum absolute atomic E-state index is 0.0163. The average Bonchev–Trinajstić information content (AvgIpc) is 2.43. The van der Waals surface area contributed by atoms with Crippen molar-refractivity contribution in [1.29, 1.82) is 0 Å². The van der Waals surface area contributed by atoms with E-state index in [1.165, 1.54) is 0 Å². The molecule has 0 aromatic heterocycles. The summed E-state index contributed by atoms with van der Waals surface area (Å²) < 4.78 is 6.07. The standard InChI is InChI=1S/C15H28O2/c1-8-9-10-12(16)11(14(2,3)4)13(17-10)15(5,6)7/h10-11,13H,8-9H2,1-7H3. The highest BCUT2D eigenvalue weighted by Gasteiger charge is 2.52. The molecular weight excluding hydrogens is 212 g/mol. The van der Waals surface area contributed by atoms with Crippen molar-refractivity contribution in [3.05, 3.63) is 0 Å². The SMILES string of the molecule is CCCC1OC(C(C)(C)C)C(C(C)(C)C)C1=O. The van der Waals surface area contributed by atoms with E-state index in [2.05, 4.69) is 48.5 Å². The fourth-order valence-corrected chi connectivity index (χ4v) is 2.73. The van der Waals surface area contributed by atoms with Gasteiger partial charge in [-0.05, 0) is 17.3 Å². The van der Waals surface area contributed by atoms with Crippen LogP contribution in [0.1, 0.15) is 61.3 Å². The Morgan fingerprint density at radius 2 is 1.59 bits per heavy atom. The molecule has 1 fully saturated rings. The van der Waals surface area contributed by atoms with E-state index in [0.29, 0.717) is 5.78 Å². The second-order valence-corrected chi connectivity index (χ2v) is 7.45.